The lowest BCUT2D eigenvalue weighted by atomic mass is 9.44. The molecule has 0 aromatic heterocycles. The zero-order valence-electron chi connectivity index (χ0n) is 18.3. The minimum atomic E-state index is -1.01. The standard InChI is InChI=1S/C24H34O6/c1-22-8-4-15(25)12-14(22)13-16(21(28)30-3)20-17(22)5-9-23(2)18(20)6-10-24(23,29)11-7-19(26)27/h12,16-18,20,29H,4-11,13H2,1-3H3,(H,26,27)/t16-,17+,18+,20-,22+,23+,24+/m1/s1. The molecule has 0 heterocycles. The molecule has 4 rings (SSSR count). The number of carboxylic acids is 1. The molecule has 3 saturated carbocycles. The molecule has 0 aromatic carbocycles. The van der Waals surface area contributed by atoms with Crippen molar-refractivity contribution in [3.63, 3.8) is 0 Å². The number of esters is 1. The molecule has 0 amide bonds. The number of ether oxygens (including phenoxy) is 1. The van der Waals surface area contributed by atoms with Crippen LogP contribution in [0.1, 0.15) is 71.6 Å². The third-order valence-electron chi connectivity index (χ3n) is 9.59. The third kappa shape index (κ3) is 2.97. The zero-order valence-corrected chi connectivity index (χ0v) is 18.3. The van der Waals surface area contributed by atoms with Gasteiger partial charge in [-0.15, -0.1) is 0 Å². The molecule has 0 bridgehead atoms. The van der Waals surface area contributed by atoms with Crippen molar-refractivity contribution in [2.75, 3.05) is 7.11 Å². The summed E-state index contributed by atoms with van der Waals surface area (Å²) in [5.74, 6) is -0.763. The Morgan fingerprint density at radius 1 is 1.17 bits per heavy atom. The van der Waals surface area contributed by atoms with E-state index in [-0.39, 0.29) is 53.7 Å². The zero-order chi connectivity index (χ0) is 21.9. The fourth-order valence-electron chi connectivity index (χ4n) is 7.79. The van der Waals surface area contributed by atoms with Gasteiger partial charge in [-0.3, -0.25) is 14.4 Å². The summed E-state index contributed by atoms with van der Waals surface area (Å²) in [6.45, 7) is 4.36. The number of hydrogen-bond donors (Lipinski definition) is 2. The molecule has 166 valence electrons. The number of rotatable bonds is 4. The highest BCUT2D eigenvalue weighted by atomic mass is 16.5. The van der Waals surface area contributed by atoms with Gasteiger partial charge in [0.05, 0.1) is 18.6 Å². The second kappa shape index (κ2) is 7.18. The Hall–Kier alpha value is -1.69. The Bertz CT molecular complexity index is 802. The van der Waals surface area contributed by atoms with E-state index in [1.54, 1.807) is 6.08 Å². The summed E-state index contributed by atoms with van der Waals surface area (Å²) in [6, 6.07) is 0. The SMILES string of the molecule is COC(=O)[C@@H]1CC2=CC(=O)CC[C@]2(C)[C@H]2CC[C@@]3(C)[C@@H](CC[C@]3(O)CCC(=O)O)[C@H]12. The Balaban J connectivity index is 1.73. The van der Waals surface area contributed by atoms with Crippen LogP contribution < -0.4 is 0 Å². The molecular weight excluding hydrogens is 384 g/mol. The Kier molecular flexibility index (Phi) is 5.16. The van der Waals surface area contributed by atoms with Crippen molar-refractivity contribution in [1.82, 2.24) is 0 Å². The maximum absolute atomic E-state index is 12.9. The predicted octanol–water partition coefficient (Wildman–Crippen LogP) is 3.51. The van der Waals surface area contributed by atoms with Gasteiger partial charge in [-0.2, -0.15) is 0 Å². The van der Waals surface area contributed by atoms with Crippen LogP contribution in [0.3, 0.4) is 0 Å². The van der Waals surface area contributed by atoms with Gasteiger partial charge in [-0.25, -0.2) is 0 Å². The molecule has 4 aliphatic carbocycles. The van der Waals surface area contributed by atoms with Gasteiger partial charge in [-0.05, 0) is 79.6 Å². The lowest BCUT2D eigenvalue weighted by Crippen LogP contribution is -2.58. The van der Waals surface area contributed by atoms with Crippen molar-refractivity contribution in [2.24, 2.45) is 34.5 Å². The fraction of sp³-hybridized carbons (Fsp3) is 0.792. The first-order chi connectivity index (χ1) is 14.1. The molecule has 0 saturated heterocycles. The fourth-order valence-corrected chi connectivity index (χ4v) is 7.79. The van der Waals surface area contributed by atoms with Crippen LogP contribution in [-0.2, 0) is 19.1 Å². The molecule has 0 unspecified atom stereocenters. The summed E-state index contributed by atoms with van der Waals surface area (Å²) in [5, 5.41) is 20.7. The molecule has 4 aliphatic rings. The van der Waals surface area contributed by atoms with Gasteiger partial charge in [0.2, 0.25) is 0 Å². The maximum atomic E-state index is 12.9. The van der Waals surface area contributed by atoms with Gasteiger partial charge in [0.25, 0.3) is 0 Å². The number of carbonyl (C=O) groups is 3. The van der Waals surface area contributed by atoms with E-state index in [2.05, 4.69) is 13.8 Å². The number of ketones is 1. The number of methoxy groups -OCH3 is 1. The monoisotopic (exact) mass is 418 g/mol. The molecule has 2 N–H and O–H groups in total. The second-order valence-corrected chi connectivity index (χ2v) is 10.6. The molecule has 0 aromatic rings. The average Bonchev–Trinajstić information content (AvgIpc) is 2.97. The first-order valence-corrected chi connectivity index (χ1v) is 11.3. The van der Waals surface area contributed by atoms with Crippen LogP contribution in [-0.4, -0.2) is 40.6 Å². The third-order valence-corrected chi connectivity index (χ3v) is 9.59. The van der Waals surface area contributed by atoms with E-state index in [0.717, 1.165) is 31.3 Å². The molecule has 0 radical (unpaired) electrons. The summed E-state index contributed by atoms with van der Waals surface area (Å²) in [6.07, 6.45) is 6.99. The molecule has 7 atom stereocenters. The molecule has 0 spiro atoms. The van der Waals surface area contributed by atoms with Crippen molar-refractivity contribution >= 4 is 17.7 Å². The molecule has 6 nitrogen and oxygen atoms in total. The molecule has 6 heteroatoms. The predicted molar refractivity (Wildman–Crippen MR) is 109 cm³/mol. The highest BCUT2D eigenvalue weighted by molar-refractivity contribution is 5.92. The van der Waals surface area contributed by atoms with Gasteiger partial charge >= 0.3 is 11.9 Å². The summed E-state index contributed by atoms with van der Waals surface area (Å²) < 4.78 is 5.20. The van der Waals surface area contributed by atoms with Crippen molar-refractivity contribution in [2.45, 2.75) is 77.2 Å². The number of allylic oxidation sites excluding steroid dienone is 1. The van der Waals surface area contributed by atoms with E-state index in [4.69, 9.17) is 4.74 Å². The number of carbonyl (C=O) groups excluding carboxylic acids is 2. The van der Waals surface area contributed by atoms with Gasteiger partial charge < -0.3 is 14.9 Å². The van der Waals surface area contributed by atoms with Crippen molar-refractivity contribution in [3.05, 3.63) is 11.6 Å². The van der Waals surface area contributed by atoms with Crippen LogP contribution in [0.4, 0.5) is 0 Å². The van der Waals surface area contributed by atoms with E-state index < -0.39 is 17.0 Å². The highest BCUT2D eigenvalue weighted by Gasteiger charge is 2.66. The smallest absolute Gasteiger partial charge is 0.309 e. The first-order valence-electron chi connectivity index (χ1n) is 11.3. The van der Waals surface area contributed by atoms with E-state index in [1.165, 1.54) is 7.11 Å². The summed E-state index contributed by atoms with van der Waals surface area (Å²) in [7, 11) is 1.42. The second-order valence-electron chi connectivity index (χ2n) is 10.6. The van der Waals surface area contributed by atoms with Crippen molar-refractivity contribution < 1.29 is 29.3 Å². The van der Waals surface area contributed by atoms with Gasteiger partial charge in [-0.1, -0.05) is 19.4 Å². The average molecular weight is 419 g/mol. The Labute approximate surface area is 178 Å². The highest BCUT2D eigenvalue weighted by Crippen LogP contribution is 2.69. The molecular formula is C24H34O6. The van der Waals surface area contributed by atoms with Gasteiger partial charge in [0.15, 0.2) is 5.78 Å². The maximum Gasteiger partial charge on any atom is 0.309 e. The topological polar surface area (TPSA) is 101 Å². The van der Waals surface area contributed by atoms with E-state index in [1.807, 2.05) is 0 Å². The molecule has 0 aliphatic heterocycles. The quantitative estimate of drug-likeness (QED) is 0.678. The van der Waals surface area contributed by atoms with Crippen LogP contribution in [0.25, 0.3) is 0 Å². The number of aliphatic hydroxyl groups is 1. The summed E-state index contributed by atoms with van der Waals surface area (Å²) >= 11 is 0. The number of fused-ring (bicyclic) bond motifs is 5. The Morgan fingerprint density at radius 2 is 1.87 bits per heavy atom. The van der Waals surface area contributed by atoms with Gasteiger partial charge in [0, 0.05) is 12.8 Å². The van der Waals surface area contributed by atoms with Crippen LogP contribution in [0.5, 0.6) is 0 Å². The minimum Gasteiger partial charge on any atom is -0.481 e. The number of aliphatic carboxylic acids is 1. The molecule has 3 fully saturated rings. The van der Waals surface area contributed by atoms with E-state index >= 15 is 0 Å². The summed E-state index contributed by atoms with van der Waals surface area (Å²) in [5.41, 5.74) is -0.413. The van der Waals surface area contributed by atoms with Gasteiger partial charge in [0.1, 0.15) is 0 Å². The number of hydrogen-bond acceptors (Lipinski definition) is 5. The van der Waals surface area contributed by atoms with Crippen LogP contribution in [0.15, 0.2) is 11.6 Å². The number of carboxylic acid groups (broad SMARTS) is 1. The minimum absolute atomic E-state index is 0.0416. The Morgan fingerprint density at radius 3 is 2.53 bits per heavy atom. The normalized spacial score (nSPS) is 45.1. The van der Waals surface area contributed by atoms with Crippen LogP contribution in [0, 0.1) is 34.5 Å². The first kappa shape index (κ1) is 21.5. The molecule has 30 heavy (non-hydrogen) atoms. The van der Waals surface area contributed by atoms with E-state index in [9.17, 15) is 24.6 Å². The van der Waals surface area contributed by atoms with E-state index in [0.29, 0.717) is 19.3 Å². The largest absolute Gasteiger partial charge is 0.481 e. The van der Waals surface area contributed by atoms with Crippen LogP contribution >= 0.6 is 0 Å². The van der Waals surface area contributed by atoms with Crippen molar-refractivity contribution in [3.8, 4) is 0 Å². The van der Waals surface area contributed by atoms with Crippen molar-refractivity contribution in [1.29, 1.82) is 0 Å². The van der Waals surface area contributed by atoms with Crippen LogP contribution in [0.2, 0.25) is 0 Å². The lowest BCUT2D eigenvalue weighted by molar-refractivity contribution is -0.169. The summed E-state index contributed by atoms with van der Waals surface area (Å²) in [4.78, 5) is 36.2. The lowest BCUT2D eigenvalue weighted by Gasteiger charge is -2.60.